The number of ether oxygens (including phenoxy) is 1. The highest BCUT2D eigenvalue weighted by Gasteiger charge is 2.16. The van der Waals surface area contributed by atoms with Crippen molar-refractivity contribution in [2.45, 2.75) is 38.8 Å². The van der Waals surface area contributed by atoms with Gasteiger partial charge in [0.05, 0.1) is 6.10 Å². The number of hydrogen-bond acceptors (Lipinski definition) is 3. The van der Waals surface area contributed by atoms with E-state index >= 15 is 0 Å². The first kappa shape index (κ1) is 10.7. The van der Waals surface area contributed by atoms with E-state index < -0.39 is 0 Å². The van der Waals surface area contributed by atoms with Gasteiger partial charge in [0.2, 0.25) is 0 Å². The van der Waals surface area contributed by atoms with Crippen molar-refractivity contribution in [1.29, 1.82) is 0 Å². The largest absolute Gasteiger partial charge is 0.447 e. The lowest BCUT2D eigenvalue weighted by atomic mass is 10.2. The van der Waals surface area contributed by atoms with Gasteiger partial charge in [-0.1, -0.05) is 0 Å². The van der Waals surface area contributed by atoms with Crippen molar-refractivity contribution in [3.8, 4) is 0 Å². The second-order valence-corrected chi connectivity index (χ2v) is 4.71. The first-order chi connectivity index (χ1) is 6.18. The molecule has 0 aromatic rings. The highest BCUT2D eigenvalue weighted by Crippen LogP contribution is 2.16. The molecule has 1 rings (SSSR count). The smallest absolute Gasteiger partial charge is 0.407 e. The number of nitrogens with one attached hydrogen (secondary N) is 1. The van der Waals surface area contributed by atoms with E-state index in [-0.39, 0.29) is 12.2 Å². The third-order valence-corrected chi connectivity index (χ3v) is 2.93. The Morgan fingerprint density at radius 3 is 2.62 bits per heavy atom. The summed E-state index contributed by atoms with van der Waals surface area (Å²) in [7, 11) is 0. The predicted octanol–water partition coefficient (Wildman–Crippen LogP) is 2.02. The van der Waals surface area contributed by atoms with E-state index in [4.69, 9.17) is 4.74 Å². The predicted molar refractivity (Wildman–Crippen MR) is 55.1 cm³/mol. The summed E-state index contributed by atoms with van der Waals surface area (Å²) in [4.78, 5) is 11.2. The Labute approximate surface area is 83.6 Å². The molecule has 0 aromatic carbocycles. The number of carbonyl (C=O) groups excluding carboxylic acids is 1. The fraction of sp³-hybridized carbons (Fsp3) is 0.889. The van der Waals surface area contributed by atoms with Gasteiger partial charge in [-0.05, 0) is 38.2 Å². The van der Waals surface area contributed by atoms with Crippen molar-refractivity contribution >= 4 is 17.9 Å². The number of amides is 1. The molecule has 3 nitrogen and oxygen atoms in total. The molecule has 1 fully saturated rings. The van der Waals surface area contributed by atoms with Crippen LogP contribution in [0.3, 0.4) is 0 Å². The molecule has 13 heavy (non-hydrogen) atoms. The number of carbonyl (C=O) groups is 1. The van der Waals surface area contributed by atoms with Crippen LogP contribution >= 0.6 is 11.8 Å². The van der Waals surface area contributed by atoms with Crippen LogP contribution < -0.4 is 5.32 Å². The Hall–Kier alpha value is -0.380. The van der Waals surface area contributed by atoms with Crippen molar-refractivity contribution in [3.63, 3.8) is 0 Å². The van der Waals surface area contributed by atoms with Crippen LogP contribution in [-0.4, -0.2) is 29.7 Å². The minimum absolute atomic E-state index is 0.0297. The number of alkyl carbamates (subject to hydrolysis) is 1. The second kappa shape index (κ2) is 5.37. The molecule has 1 aliphatic rings. The van der Waals surface area contributed by atoms with E-state index in [1.807, 2.05) is 25.6 Å². The lowest BCUT2D eigenvalue weighted by molar-refractivity contribution is 0.111. The molecule has 0 unspecified atom stereocenters. The van der Waals surface area contributed by atoms with Gasteiger partial charge in [-0.2, -0.15) is 11.8 Å². The van der Waals surface area contributed by atoms with Crippen LogP contribution in [0.15, 0.2) is 0 Å². The highest BCUT2D eigenvalue weighted by molar-refractivity contribution is 7.99. The number of thioether (sulfide) groups is 1. The van der Waals surface area contributed by atoms with Crippen LogP contribution in [0.25, 0.3) is 0 Å². The van der Waals surface area contributed by atoms with E-state index in [1.165, 1.54) is 0 Å². The van der Waals surface area contributed by atoms with Gasteiger partial charge < -0.3 is 10.1 Å². The van der Waals surface area contributed by atoms with Gasteiger partial charge >= 0.3 is 6.09 Å². The average Bonchev–Trinajstić information content (AvgIpc) is 2.04. The van der Waals surface area contributed by atoms with E-state index in [2.05, 4.69) is 5.32 Å². The SMILES string of the molecule is CC(C)OC(=O)NC1CCSCC1. The molecule has 0 bridgehead atoms. The Bertz CT molecular complexity index is 167. The second-order valence-electron chi connectivity index (χ2n) is 3.49. The molecule has 0 radical (unpaired) electrons. The van der Waals surface area contributed by atoms with E-state index in [0.717, 1.165) is 24.3 Å². The van der Waals surface area contributed by atoms with Crippen LogP contribution in [0.4, 0.5) is 4.79 Å². The summed E-state index contributed by atoms with van der Waals surface area (Å²) < 4.78 is 5.00. The molecule has 0 atom stereocenters. The van der Waals surface area contributed by atoms with Crippen LogP contribution in [0.2, 0.25) is 0 Å². The molecule has 1 aliphatic heterocycles. The average molecular weight is 203 g/mol. The molecule has 1 heterocycles. The van der Waals surface area contributed by atoms with E-state index in [0.29, 0.717) is 6.04 Å². The van der Waals surface area contributed by atoms with Gasteiger partial charge in [0.1, 0.15) is 0 Å². The summed E-state index contributed by atoms with van der Waals surface area (Å²) in [5.41, 5.74) is 0. The van der Waals surface area contributed by atoms with Gasteiger partial charge in [0.15, 0.2) is 0 Å². The number of hydrogen-bond donors (Lipinski definition) is 1. The fourth-order valence-corrected chi connectivity index (χ4v) is 2.36. The Balaban J connectivity index is 2.18. The van der Waals surface area contributed by atoms with Gasteiger partial charge in [-0.3, -0.25) is 0 Å². The van der Waals surface area contributed by atoms with Crippen molar-refractivity contribution in [2.75, 3.05) is 11.5 Å². The maximum absolute atomic E-state index is 11.2. The molecule has 0 saturated carbocycles. The third-order valence-electron chi connectivity index (χ3n) is 1.89. The molecule has 4 heteroatoms. The van der Waals surface area contributed by atoms with Crippen molar-refractivity contribution in [3.05, 3.63) is 0 Å². The zero-order valence-electron chi connectivity index (χ0n) is 8.21. The van der Waals surface area contributed by atoms with Gasteiger partial charge in [-0.25, -0.2) is 4.79 Å². The van der Waals surface area contributed by atoms with Crippen LogP contribution in [0.1, 0.15) is 26.7 Å². The molecular formula is C9H17NO2S. The van der Waals surface area contributed by atoms with Gasteiger partial charge in [0.25, 0.3) is 0 Å². The zero-order chi connectivity index (χ0) is 9.68. The summed E-state index contributed by atoms with van der Waals surface area (Å²) in [5, 5.41) is 2.88. The van der Waals surface area contributed by atoms with Crippen molar-refractivity contribution < 1.29 is 9.53 Å². The molecule has 76 valence electrons. The minimum Gasteiger partial charge on any atom is -0.447 e. The molecule has 1 amide bonds. The number of rotatable bonds is 2. The van der Waals surface area contributed by atoms with Gasteiger partial charge in [-0.15, -0.1) is 0 Å². The van der Waals surface area contributed by atoms with E-state index in [9.17, 15) is 4.79 Å². The molecular weight excluding hydrogens is 186 g/mol. The maximum Gasteiger partial charge on any atom is 0.407 e. The minimum atomic E-state index is -0.271. The summed E-state index contributed by atoms with van der Waals surface area (Å²) in [6, 6.07) is 0.326. The normalized spacial score (nSPS) is 18.7. The van der Waals surface area contributed by atoms with Crippen LogP contribution in [-0.2, 0) is 4.74 Å². The quantitative estimate of drug-likeness (QED) is 0.746. The van der Waals surface area contributed by atoms with Crippen molar-refractivity contribution in [2.24, 2.45) is 0 Å². The first-order valence-electron chi connectivity index (χ1n) is 4.73. The summed E-state index contributed by atoms with van der Waals surface area (Å²) in [5.74, 6) is 2.29. The molecule has 0 spiro atoms. The molecule has 1 saturated heterocycles. The van der Waals surface area contributed by atoms with Crippen LogP contribution in [0.5, 0.6) is 0 Å². The van der Waals surface area contributed by atoms with E-state index in [1.54, 1.807) is 0 Å². The summed E-state index contributed by atoms with van der Waals surface area (Å²) >= 11 is 1.95. The lowest BCUT2D eigenvalue weighted by Gasteiger charge is -2.22. The lowest BCUT2D eigenvalue weighted by Crippen LogP contribution is -2.38. The maximum atomic E-state index is 11.2. The monoisotopic (exact) mass is 203 g/mol. The van der Waals surface area contributed by atoms with Crippen molar-refractivity contribution in [1.82, 2.24) is 5.32 Å². The Kier molecular flexibility index (Phi) is 4.42. The topological polar surface area (TPSA) is 38.3 Å². The Morgan fingerprint density at radius 1 is 1.46 bits per heavy atom. The van der Waals surface area contributed by atoms with Gasteiger partial charge in [0, 0.05) is 6.04 Å². The highest BCUT2D eigenvalue weighted by atomic mass is 32.2. The standard InChI is InChI=1S/C9H17NO2S/c1-7(2)12-9(11)10-8-3-5-13-6-4-8/h7-8H,3-6H2,1-2H3,(H,10,11). The first-order valence-corrected chi connectivity index (χ1v) is 5.89. The Morgan fingerprint density at radius 2 is 2.08 bits per heavy atom. The van der Waals surface area contributed by atoms with Crippen LogP contribution in [0, 0.1) is 0 Å². The third kappa shape index (κ3) is 4.41. The zero-order valence-corrected chi connectivity index (χ0v) is 9.02. The summed E-state index contributed by atoms with van der Waals surface area (Å²) in [6.45, 7) is 3.71. The summed E-state index contributed by atoms with van der Waals surface area (Å²) in [6.07, 6.45) is 1.83. The molecule has 1 N–H and O–H groups in total. The molecule has 0 aliphatic carbocycles. The fourth-order valence-electron chi connectivity index (χ4n) is 1.26. The molecule has 0 aromatic heterocycles.